The van der Waals surface area contributed by atoms with Crippen LogP contribution in [0.1, 0.15) is 32.1 Å². The predicted molar refractivity (Wildman–Crippen MR) is 52.5 cm³/mol. The van der Waals surface area contributed by atoms with E-state index in [2.05, 4.69) is 5.32 Å². The van der Waals surface area contributed by atoms with Gasteiger partial charge in [-0.1, -0.05) is 0 Å². The summed E-state index contributed by atoms with van der Waals surface area (Å²) >= 11 is 0. The van der Waals surface area contributed by atoms with Crippen LogP contribution in [-0.2, 0) is 4.79 Å². The van der Waals surface area contributed by atoms with Gasteiger partial charge in [-0.3, -0.25) is 4.79 Å². The van der Waals surface area contributed by atoms with Crippen LogP contribution in [0.2, 0.25) is 0 Å². The summed E-state index contributed by atoms with van der Waals surface area (Å²) in [4.78, 5) is 11.7. The van der Waals surface area contributed by atoms with Crippen LogP contribution < -0.4 is 11.1 Å². The normalized spacial score (nSPS) is 34.1. The highest BCUT2D eigenvalue weighted by Gasteiger charge is 2.41. The Morgan fingerprint density at radius 1 is 1.50 bits per heavy atom. The van der Waals surface area contributed by atoms with Gasteiger partial charge in [-0.2, -0.15) is 0 Å². The summed E-state index contributed by atoms with van der Waals surface area (Å²) in [6.07, 6.45) is 4.52. The van der Waals surface area contributed by atoms with Crippen molar-refractivity contribution in [3.8, 4) is 0 Å². The van der Waals surface area contributed by atoms with Gasteiger partial charge in [0.2, 0.25) is 5.91 Å². The first kappa shape index (κ1) is 9.93. The Balaban J connectivity index is 1.82. The summed E-state index contributed by atoms with van der Waals surface area (Å²) in [7, 11) is 0. The molecule has 0 saturated heterocycles. The van der Waals surface area contributed by atoms with Gasteiger partial charge >= 0.3 is 0 Å². The number of rotatable bonds is 3. The average Bonchev–Trinajstić information content (AvgIpc) is 2.05. The minimum atomic E-state index is -0.295. The van der Waals surface area contributed by atoms with E-state index in [0.717, 1.165) is 32.1 Å². The van der Waals surface area contributed by atoms with Crippen molar-refractivity contribution in [2.45, 2.75) is 43.7 Å². The van der Waals surface area contributed by atoms with Gasteiger partial charge in [-0.25, -0.2) is 0 Å². The summed E-state index contributed by atoms with van der Waals surface area (Å²) in [5.41, 5.74) is 5.33. The Bertz CT molecular complexity index is 227. The van der Waals surface area contributed by atoms with Crippen molar-refractivity contribution >= 4 is 5.91 Å². The number of carbonyl (C=O) groups excluding carboxylic acids is 1. The van der Waals surface area contributed by atoms with Gasteiger partial charge < -0.3 is 16.2 Å². The lowest BCUT2D eigenvalue weighted by atomic mass is 9.75. The number of hydrogen-bond acceptors (Lipinski definition) is 3. The number of amides is 1. The molecule has 2 aliphatic carbocycles. The van der Waals surface area contributed by atoms with Gasteiger partial charge in [0.25, 0.3) is 0 Å². The van der Waals surface area contributed by atoms with E-state index in [9.17, 15) is 9.90 Å². The van der Waals surface area contributed by atoms with Crippen molar-refractivity contribution in [2.75, 3.05) is 6.61 Å². The SMILES string of the molecule is NC1CC(C(=O)NC2(CO)CCC2)C1. The van der Waals surface area contributed by atoms with Crippen LogP contribution in [0.15, 0.2) is 0 Å². The molecule has 0 aromatic carbocycles. The number of aliphatic hydroxyl groups is 1. The van der Waals surface area contributed by atoms with Gasteiger partial charge in [-0.05, 0) is 32.1 Å². The van der Waals surface area contributed by atoms with E-state index < -0.39 is 0 Å². The standard InChI is InChI=1S/C10H18N2O2/c11-8-4-7(5-8)9(14)12-10(6-13)2-1-3-10/h7-8,13H,1-6,11H2,(H,12,14). The highest BCUT2D eigenvalue weighted by atomic mass is 16.3. The lowest BCUT2D eigenvalue weighted by Gasteiger charge is -2.43. The Morgan fingerprint density at radius 3 is 2.50 bits per heavy atom. The van der Waals surface area contributed by atoms with Gasteiger partial charge in [0.1, 0.15) is 0 Å². The predicted octanol–water partition coefficient (Wildman–Crippen LogP) is -0.245. The third-order valence-electron chi connectivity index (χ3n) is 3.55. The van der Waals surface area contributed by atoms with Crippen LogP contribution in [0.25, 0.3) is 0 Å². The van der Waals surface area contributed by atoms with E-state index in [-0.39, 0.29) is 30.0 Å². The largest absolute Gasteiger partial charge is 0.394 e. The maximum Gasteiger partial charge on any atom is 0.223 e. The fourth-order valence-electron chi connectivity index (χ4n) is 2.17. The van der Waals surface area contributed by atoms with Gasteiger partial charge in [-0.15, -0.1) is 0 Å². The molecule has 14 heavy (non-hydrogen) atoms. The van der Waals surface area contributed by atoms with Gasteiger partial charge in [0.15, 0.2) is 0 Å². The van der Waals surface area contributed by atoms with Crippen molar-refractivity contribution < 1.29 is 9.90 Å². The summed E-state index contributed by atoms with van der Waals surface area (Å²) in [5.74, 6) is 0.175. The molecule has 80 valence electrons. The van der Waals surface area contributed by atoms with Crippen molar-refractivity contribution in [3.63, 3.8) is 0 Å². The number of nitrogens with two attached hydrogens (primary N) is 1. The van der Waals surface area contributed by atoms with E-state index in [1.807, 2.05) is 0 Å². The molecule has 4 heteroatoms. The average molecular weight is 198 g/mol. The zero-order chi connectivity index (χ0) is 10.2. The molecule has 1 amide bonds. The van der Waals surface area contributed by atoms with Crippen molar-refractivity contribution in [2.24, 2.45) is 11.7 Å². The first-order chi connectivity index (χ1) is 6.65. The number of carbonyl (C=O) groups is 1. The minimum Gasteiger partial charge on any atom is -0.394 e. The summed E-state index contributed by atoms with van der Waals surface area (Å²) < 4.78 is 0. The number of aliphatic hydroxyl groups excluding tert-OH is 1. The number of nitrogens with one attached hydrogen (secondary N) is 1. The zero-order valence-corrected chi connectivity index (χ0v) is 8.33. The minimum absolute atomic E-state index is 0.0670. The molecule has 2 rings (SSSR count). The first-order valence-corrected chi connectivity index (χ1v) is 5.34. The fraction of sp³-hybridized carbons (Fsp3) is 0.900. The Morgan fingerprint density at radius 2 is 2.14 bits per heavy atom. The van der Waals surface area contributed by atoms with Crippen LogP contribution in [0.3, 0.4) is 0 Å². The van der Waals surface area contributed by atoms with Gasteiger partial charge in [0, 0.05) is 12.0 Å². The van der Waals surface area contributed by atoms with Crippen LogP contribution in [0, 0.1) is 5.92 Å². The second-order valence-corrected chi connectivity index (χ2v) is 4.71. The summed E-state index contributed by atoms with van der Waals surface area (Å²) in [6, 6.07) is 0.206. The Labute approximate surface area is 83.9 Å². The molecule has 0 aromatic heterocycles. The molecule has 0 atom stereocenters. The molecular weight excluding hydrogens is 180 g/mol. The maximum atomic E-state index is 11.7. The van der Waals surface area contributed by atoms with Crippen LogP contribution >= 0.6 is 0 Å². The van der Waals surface area contributed by atoms with E-state index in [0.29, 0.717) is 0 Å². The molecule has 0 unspecified atom stereocenters. The van der Waals surface area contributed by atoms with Crippen LogP contribution in [0.5, 0.6) is 0 Å². The third kappa shape index (κ3) is 1.64. The van der Waals surface area contributed by atoms with Crippen LogP contribution in [-0.4, -0.2) is 29.2 Å². The fourth-order valence-corrected chi connectivity index (χ4v) is 2.17. The van der Waals surface area contributed by atoms with Crippen LogP contribution in [0.4, 0.5) is 0 Å². The molecule has 0 spiro atoms. The molecular formula is C10H18N2O2. The van der Waals surface area contributed by atoms with E-state index >= 15 is 0 Å². The van der Waals surface area contributed by atoms with E-state index in [1.54, 1.807) is 0 Å². The lowest BCUT2D eigenvalue weighted by Crippen LogP contribution is -2.59. The van der Waals surface area contributed by atoms with Crippen molar-refractivity contribution in [1.29, 1.82) is 0 Å². The summed E-state index contributed by atoms with van der Waals surface area (Å²) in [6.45, 7) is 0.0670. The molecule has 0 bridgehead atoms. The molecule has 2 aliphatic rings. The van der Waals surface area contributed by atoms with Gasteiger partial charge in [0.05, 0.1) is 12.1 Å². The second kappa shape index (κ2) is 3.51. The Hall–Kier alpha value is -0.610. The lowest BCUT2D eigenvalue weighted by molar-refractivity contribution is -0.132. The quantitative estimate of drug-likeness (QED) is 0.585. The highest BCUT2D eigenvalue weighted by Crippen LogP contribution is 2.33. The summed E-state index contributed by atoms with van der Waals surface area (Å²) in [5, 5.41) is 12.1. The van der Waals surface area contributed by atoms with Crippen molar-refractivity contribution in [3.05, 3.63) is 0 Å². The third-order valence-corrected chi connectivity index (χ3v) is 3.55. The second-order valence-electron chi connectivity index (χ2n) is 4.71. The monoisotopic (exact) mass is 198 g/mol. The zero-order valence-electron chi connectivity index (χ0n) is 8.33. The van der Waals surface area contributed by atoms with Crippen molar-refractivity contribution in [1.82, 2.24) is 5.32 Å². The maximum absolute atomic E-state index is 11.7. The molecule has 4 N–H and O–H groups in total. The van der Waals surface area contributed by atoms with E-state index in [1.165, 1.54) is 0 Å². The van der Waals surface area contributed by atoms with E-state index in [4.69, 9.17) is 5.73 Å². The number of hydrogen-bond donors (Lipinski definition) is 3. The topological polar surface area (TPSA) is 75.4 Å². The first-order valence-electron chi connectivity index (χ1n) is 5.34. The molecule has 2 fully saturated rings. The molecule has 0 heterocycles. The molecule has 0 radical (unpaired) electrons. The molecule has 2 saturated carbocycles. The Kier molecular flexibility index (Phi) is 2.49. The molecule has 0 aromatic rings. The highest BCUT2D eigenvalue weighted by molar-refractivity contribution is 5.80. The molecule has 4 nitrogen and oxygen atoms in total. The smallest absolute Gasteiger partial charge is 0.223 e. The molecule has 0 aliphatic heterocycles.